The molecule has 5 rings (SSSR count). The monoisotopic (exact) mass is 528 g/mol. The zero-order chi connectivity index (χ0) is 27.4. The first-order valence-electron chi connectivity index (χ1n) is 13.6. The molecule has 1 unspecified atom stereocenters. The zero-order valence-electron chi connectivity index (χ0n) is 22.8. The van der Waals surface area contributed by atoms with E-state index in [-0.39, 0.29) is 30.0 Å². The Morgan fingerprint density at radius 1 is 1.08 bits per heavy atom. The van der Waals surface area contributed by atoms with Gasteiger partial charge in [0.2, 0.25) is 11.8 Å². The first-order chi connectivity index (χ1) is 18.9. The van der Waals surface area contributed by atoms with Crippen molar-refractivity contribution in [1.82, 2.24) is 20.1 Å². The minimum absolute atomic E-state index is 0.00955. The van der Waals surface area contributed by atoms with Crippen LogP contribution >= 0.6 is 0 Å². The van der Waals surface area contributed by atoms with E-state index in [4.69, 9.17) is 9.47 Å². The molecule has 3 heterocycles. The van der Waals surface area contributed by atoms with Gasteiger partial charge < -0.3 is 14.8 Å². The van der Waals surface area contributed by atoms with Crippen LogP contribution in [0.3, 0.4) is 0 Å². The van der Waals surface area contributed by atoms with E-state index < -0.39 is 0 Å². The Kier molecular flexibility index (Phi) is 8.12. The molecule has 1 aromatic heterocycles. The Morgan fingerprint density at radius 2 is 1.79 bits per heavy atom. The molecule has 0 radical (unpaired) electrons. The summed E-state index contributed by atoms with van der Waals surface area (Å²) in [5, 5.41) is 2.68. The van der Waals surface area contributed by atoms with Crippen LogP contribution in [0.5, 0.6) is 11.6 Å². The smallest absolute Gasteiger partial charge is 0.410 e. The van der Waals surface area contributed by atoms with Crippen molar-refractivity contribution in [1.29, 1.82) is 0 Å². The van der Waals surface area contributed by atoms with Gasteiger partial charge in [-0.1, -0.05) is 48.5 Å². The number of likely N-dealkylation sites (N-methyl/N-ethyl adjacent to an activating group) is 1. The van der Waals surface area contributed by atoms with Gasteiger partial charge in [-0.05, 0) is 55.5 Å². The highest BCUT2D eigenvalue weighted by molar-refractivity contribution is 5.82. The van der Waals surface area contributed by atoms with Crippen molar-refractivity contribution in [3.8, 4) is 11.6 Å². The number of piperidine rings is 1. The predicted molar refractivity (Wildman–Crippen MR) is 149 cm³/mol. The lowest BCUT2D eigenvalue weighted by Gasteiger charge is -2.38. The Labute approximate surface area is 229 Å². The summed E-state index contributed by atoms with van der Waals surface area (Å²) in [6, 6.07) is 21.9. The molecule has 39 heavy (non-hydrogen) atoms. The molecule has 3 aromatic rings. The van der Waals surface area contributed by atoms with E-state index in [2.05, 4.69) is 33.4 Å². The topological polar surface area (TPSA) is 84.0 Å². The Hall–Kier alpha value is -3.91. The van der Waals surface area contributed by atoms with E-state index in [9.17, 15) is 9.59 Å². The molecule has 2 fully saturated rings. The van der Waals surface area contributed by atoms with Crippen LogP contribution in [0.4, 0.5) is 4.79 Å². The van der Waals surface area contributed by atoms with Crippen LogP contribution in [0.1, 0.15) is 54.1 Å². The van der Waals surface area contributed by atoms with Crippen LogP contribution in [0.25, 0.3) is 0 Å². The Balaban J connectivity index is 1.16. The molecule has 2 amide bonds. The fraction of sp³-hybridized carbons (Fsp3) is 0.387. The minimum Gasteiger partial charge on any atom is -0.447 e. The van der Waals surface area contributed by atoms with Crippen LogP contribution < -0.4 is 10.1 Å². The largest absolute Gasteiger partial charge is 0.447 e. The predicted octanol–water partition coefficient (Wildman–Crippen LogP) is 5.19. The fourth-order valence-electron chi connectivity index (χ4n) is 5.47. The molecule has 2 atom stereocenters. The van der Waals surface area contributed by atoms with Gasteiger partial charge in [-0.25, -0.2) is 9.78 Å². The summed E-state index contributed by atoms with van der Waals surface area (Å²) in [5.41, 5.74) is 4.16. The number of rotatable bonds is 8. The van der Waals surface area contributed by atoms with Gasteiger partial charge in [0.05, 0.1) is 12.0 Å². The van der Waals surface area contributed by atoms with E-state index in [0.717, 1.165) is 49.3 Å². The molecule has 2 saturated heterocycles. The van der Waals surface area contributed by atoms with E-state index in [1.165, 1.54) is 5.56 Å². The molecule has 0 saturated carbocycles. The van der Waals surface area contributed by atoms with Gasteiger partial charge >= 0.3 is 6.09 Å². The summed E-state index contributed by atoms with van der Waals surface area (Å²) in [6.45, 7) is 6.94. The fourth-order valence-corrected chi connectivity index (χ4v) is 5.47. The molecule has 0 bridgehead atoms. The number of benzene rings is 2. The number of hydrogen-bond donors (Lipinski definition) is 1. The molecule has 2 aliphatic heterocycles. The van der Waals surface area contributed by atoms with Gasteiger partial charge in [-0.15, -0.1) is 0 Å². The number of carbonyl (C=O) groups excluding carboxylic acids is 2. The lowest BCUT2D eigenvalue weighted by Crippen LogP contribution is -2.46. The lowest BCUT2D eigenvalue weighted by molar-refractivity contribution is -0.121. The third-order valence-electron chi connectivity index (χ3n) is 7.85. The highest BCUT2D eigenvalue weighted by Gasteiger charge is 2.40. The number of aryl methyl sites for hydroxylation is 1. The SMILES string of the molecule is CNC(=O)C(C)c1ccc(Oc2ccc(CN3CCC(N4C(=O)OC[C@H]4c4ccccc4)CC3)c(C)n2)cc1. The summed E-state index contributed by atoms with van der Waals surface area (Å²) < 4.78 is 11.4. The number of aromatic nitrogens is 1. The summed E-state index contributed by atoms with van der Waals surface area (Å²) >= 11 is 0. The van der Waals surface area contributed by atoms with Gasteiger partial charge in [-0.3, -0.25) is 14.6 Å². The van der Waals surface area contributed by atoms with Gasteiger partial charge in [0.15, 0.2) is 0 Å². The average molecular weight is 529 g/mol. The zero-order valence-corrected chi connectivity index (χ0v) is 22.8. The van der Waals surface area contributed by atoms with Crippen LogP contribution in [-0.4, -0.2) is 59.6 Å². The van der Waals surface area contributed by atoms with Crippen molar-refractivity contribution < 1.29 is 19.1 Å². The Bertz CT molecular complexity index is 1290. The maximum Gasteiger partial charge on any atom is 0.410 e. The number of carbonyl (C=O) groups is 2. The van der Waals surface area contributed by atoms with E-state index >= 15 is 0 Å². The summed E-state index contributed by atoms with van der Waals surface area (Å²) in [4.78, 5) is 33.5. The molecule has 8 heteroatoms. The van der Waals surface area contributed by atoms with Crippen LogP contribution in [0.15, 0.2) is 66.7 Å². The molecule has 1 N–H and O–H groups in total. The molecule has 8 nitrogen and oxygen atoms in total. The number of cyclic esters (lactones) is 1. The van der Waals surface area contributed by atoms with E-state index in [1.807, 2.05) is 67.3 Å². The minimum atomic E-state index is -0.219. The normalized spacial score (nSPS) is 19.0. The number of pyridine rings is 1. The standard InChI is InChI=1S/C31H36N4O4/c1-21(30(36)32-3)23-9-12-27(13-10-23)39-29-14-11-25(22(2)33-29)19-34-17-15-26(16-18-34)35-28(20-38-31(35)37)24-7-5-4-6-8-24/h4-14,21,26,28H,15-20H2,1-3H3,(H,32,36)/t21?,28-/m0/s1. The second-order valence-corrected chi connectivity index (χ2v) is 10.3. The lowest BCUT2D eigenvalue weighted by atomic mass is 9.98. The summed E-state index contributed by atoms with van der Waals surface area (Å²) in [5.74, 6) is 0.985. The number of amides is 2. The quantitative estimate of drug-likeness (QED) is 0.433. The maximum absolute atomic E-state index is 12.6. The van der Waals surface area contributed by atoms with Gasteiger partial charge in [0, 0.05) is 44.5 Å². The molecule has 2 aliphatic rings. The number of nitrogens with zero attached hydrogens (tertiary/aromatic N) is 3. The van der Waals surface area contributed by atoms with Crippen molar-refractivity contribution in [2.75, 3.05) is 26.7 Å². The third kappa shape index (κ3) is 6.06. The van der Waals surface area contributed by atoms with Crippen molar-refractivity contribution in [2.45, 2.75) is 51.2 Å². The maximum atomic E-state index is 12.6. The first kappa shape index (κ1) is 26.7. The molecular formula is C31H36N4O4. The van der Waals surface area contributed by atoms with Gasteiger partial charge in [0.25, 0.3) is 0 Å². The number of hydrogen-bond acceptors (Lipinski definition) is 6. The third-order valence-corrected chi connectivity index (χ3v) is 7.85. The van der Waals surface area contributed by atoms with Crippen LogP contribution in [0.2, 0.25) is 0 Å². The second kappa shape index (κ2) is 11.9. The van der Waals surface area contributed by atoms with Gasteiger partial charge in [-0.2, -0.15) is 0 Å². The molecular weight excluding hydrogens is 492 g/mol. The van der Waals surface area contributed by atoms with Crippen molar-refractivity contribution in [2.24, 2.45) is 0 Å². The second-order valence-electron chi connectivity index (χ2n) is 10.3. The van der Waals surface area contributed by atoms with Crippen LogP contribution in [0, 0.1) is 6.92 Å². The highest BCUT2D eigenvalue weighted by atomic mass is 16.6. The van der Waals surface area contributed by atoms with Crippen LogP contribution in [-0.2, 0) is 16.1 Å². The first-order valence-corrected chi connectivity index (χ1v) is 13.6. The molecule has 0 aliphatic carbocycles. The van der Waals surface area contributed by atoms with Gasteiger partial charge in [0.1, 0.15) is 12.4 Å². The number of ether oxygens (including phenoxy) is 2. The number of nitrogens with one attached hydrogen (secondary N) is 1. The van der Waals surface area contributed by atoms with Crippen molar-refractivity contribution in [3.63, 3.8) is 0 Å². The molecule has 204 valence electrons. The van der Waals surface area contributed by atoms with Crippen molar-refractivity contribution in [3.05, 3.63) is 89.1 Å². The summed E-state index contributed by atoms with van der Waals surface area (Å²) in [7, 11) is 1.64. The Morgan fingerprint density at radius 3 is 2.46 bits per heavy atom. The summed E-state index contributed by atoms with van der Waals surface area (Å²) in [6.07, 6.45) is 1.63. The van der Waals surface area contributed by atoms with E-state index in [1.54, 1.807) is 7.05 Å². The average Bonchev–Trinajstić information content (AvgIpc) is 3.36. The molecule has 0 spiro atoms. The van der Waals surface area contributed by atoms with E-state index in [0.29, 0.717) is 18.2 Å². The van der Waals surface area contributed by atoms with Crippen molar-refractivity contribution >= 4 is 12.0 Å². The highest BCUT2D eigenvalue weighted by Crippen LogP contribution is 2.33. The molecule has 2 aromatic carbocycles. The number of likely N-dealkylation sites (tertiary alicyclic amines) is 1.